The summed E-state index contributed by atoms with van der Waals surface area (Å²) in [6.45, 7) is 0. The van der Waals surface area contributed by atoms with Gasteiger partial charge in [-0.1, -0.05) is 48.5 Å². The summed E-state index contributed by atoms with van der Waals surface area (Å²) in [7, 11) is -0.156. The van der Waals surface area contributed by atoms with E-state index >= 15 is 0 Å². The maximum Gasteiger partial charge on any atom is 0.0274 e. The van der Waals surface area contributed by atoms with Crippen molar-refractivity contribution in [3.8, 4) is 0 Å². The summed E-state index contributed by atoms with van der Waals surface area (Å²) in [5.41, 5.74) is 3.54. The predicted octanol–water partition coefficient (Wildman–Crippen LogP) is 5.24. The van der Waals surface area contributed by atoms with Crippen LogP contribution in [0.25, 0.3) is 21.5 Å². The lowest BCUT2D eigenvalue weighted by Gasteiger charge is -2.19. The van der Waals surface area contributed by atoms with E-state index in [1.54, 1.807) is 44.2 Å². The molecule has 6 fully saturated rings. The Labute approximate surface area is 144 Å². The summed E-state index contributed by atoms with van der Waals surface area (Å²) in [6, 6.07) is 19.0. The van der Waals surface area contributed by atoms with Crippen molar-refractivity contribution in [1.29, 1.82) is 0 Å². The third-order valence-corrected chi connectivity index (χ3v) is 17.5. The van der Waals surface area contributed by atoms with Crippen LogP contribution in [0.1, 0.15) is 21.6 Å². The van der Waals surface area contributed by atoms with E-state index in [0.717, 1.165) is 21.0 Å². The molecule has 3 aromatic rings. The molecule has 0 amide bonds. The molecule has 0 bridgehead atoms. The second-order valence-electron chi connectivity index (χ2n) is 8.92. The molecular formula is C22H18S2. The lowest BCUT2D eigenvalue weighted by molar-refractivity contribution is 0.971. The van der Waals surface area contributed by atoms with Gasteiger partial charge in [0.2, 0.25) is 0 Å². The average molecular weight is 347 g/mol. The molecule has 2 spiro atoms. The molecule has 0 N–H and O–H groups in total. The maximum absolute atomic E-state index is 2.46. The molecule has 9 rings (SSSR count). The van der Waals surface area contributed by atoms with Crippen LogP contribution in [0.3, 0.4) is 0 Å². The van der Waals surface area contributed by atoms with Gasteiger partial charge in [0.1, 0.15) is 0 Å². The Bertz CT molecular complexity index is 1030. The molecule has 0 radical (unpaired) electrons. The number of hydrogen-bond donors (Lipinski definition) is 0. The van der Waals surface area contributed by atoms with Crippen LogP contribution in [0.5, 0.6) is 0 Å². The first-order valence-electron chi connectivity index (χ1n) is 9.37. The van der Waals surface area contributed by atoms with Gasteiger partial charge in [0.15, 0.2) is 0 Å². The lowest BCUT2D eigenvalue weighted by Crippen LogP contribution is -2.01. The summed E-state index contributed by atoms with van der Waals surface area (Å²) in [4.78, 5) is 0. The van der Waals surface area contributed by atoms with Crippen LogP contribution in [0, 0.1) is 0 Å². The quantitative estimate of drug-likeness (QED) is 0.440. The molecule has 8 unspecified atom stereocenters. The molecule has 6 aliphatic heterocycles. The Morgan fingerprint density at radius 3 is 1.17 bits per heavy atom. The summed E-state index contributed by atoms with van der Waals surface area (Å²) < 4.78 is 0. The zero-order chi connectivity index (χ0) is 15.0. The number of fused-ring (bicyclic) bond motifs is 4. The van der Waals surface area contributed by atoms with Gasteiger partial charge in [0.05, 0.1) is 0 Å². The van der Waals surface area contributed by atoms with Crippen molar-refractivity contribution in [3.63, 3.8) is 0 Å². The van der Waals surface area contributed by atoms with Crippen LogP contribution in [0.2, 0.25) is 0 Å². The van der Waals surface area contributed by atoms with Crippen molar-refractivity contribution in [1.82, 2.24) is 0 Å². The third kappa shape index (κ3) is 0.917. The Morgan fingerprint density at radius 1 is 0.583 bits per heavy atom. The van der Waals surface area contributed by atoms with Crippen LogP contribution in [0.4, 0.5) is 0 Å². The molecule has 8 atom stereocenters. The van der Waals surface area contributed by atoms with Crippen molar-refractivity contribution in [3.05, 3.63) is 59.7 Å². The highest BCUT2D eigenvalue weighted by Crippen LogP contribution is 3.15. The molecule has 0 saturated carbocycles. The van der Waals surface area contributed by atoms with Crippen molar-refractivity contribution in [2.75, 3.05) is 11.5 Å². The fourth-order valence-electron chi connectivity index (χ4n) is 6.70. The molecule has 0 nitrogen and oxygen atoms in total. The third-order valence-electron chi connectivity index (χ3n) is 8.37. The fraction of sp³-hybridized carbons (Fsp3) is 0.364. The molecule has 118 valence electrons. The van der Waals surface area contributed by atoms with Gasteiger partial charge in [-0.3, -0.25) is 0 Å². The van der Waals surface area contributed by atoms with E-state index in [1.807, 2.05) is 0 Å². The van der Waals surface area contributed by atoms with Crippen LogP contribution in [-0.4, -0.2) is 32.5 Å². The molecule has 0 aromatic heterocycles. The minimum atomic E-state index is -0.0782. The Hall–Kier alpha value is -1.12. The number of hydrogen-bond acceptors (Lipinski definition) is 0. The molecular weight excluding hydrogens is 328 g/mol. The van der Waals surface area contributed by atoms with Gasteiger partial charge >= 0.3 is 0 Å². The van der Waals surface area contributed by atoms with Crippen molar-refractivity contribution >= 4 is 41.6 Å². The highest BCUT2D eigenvalue weighted by Gasteiger charge is 2.95. The fourth-order valence-corrected chi connectivity index (χ4v) is 17.0. The molecule has 24 heavy (non-hydrogen) atoms. The van der Waals surface area contributed by atoms with Crippen LogP contribution in [0.15, 0.2) is 48.5 Å². The molecule has 3 aromatic carbocycles. The molecule has 6 heterocycles. The predicted molar refractivity (Wildman–Crippen MR) is 107 cm³/mol. The molecule has 2 heteroatoms. The van der Waals surface area contributed by atoms with E-state index in [4.69, 9.17) is 0 Å². The maximum atomic E-state index is 2.46. The normalized spacial score (nSPS) is 57.5. The summed E-state index contributed by atoms with van der Waals surface area (Å²) in [5, 5.41) is 13.2. The Morgan fingerprint density at radius 2 is 0.917 bits per heavy atom. The van der Waals surface area contributed by atoms with Crippen molar-refractivity contribution in [2.45, 2.75) is 31.5 Å². The van der Waals surface area contributed by atoms with Crippen molar-refractivity contribution < 1.29 is 0 Å². The van der Waals surface area contributed by atoms with Crippen molar-refractivity contribution in [2.24, 2.45) is 0 Å². The smallest absolute Gasteiger partial charge is 0.0274 e. The lowest BCUT2D eigenvalue weighted by atomic mass is 9.87. The van der Waals surface area contributed by atoms with Crippen LogP contribution < -0.4 is 0 Å². The second-order valence-corrected chi connectivity index (χ2v) is 16.5. The molecule has 6 aliphatic rings. The standard InChI is InChI=1S/C22H18S2/c1-2-6-12-11(5-1)17(21-19-15-9-23(15,19)21)13-7-3-4-8-14(13)18(12)22-20-16-10-24(16,20)22/h1-8,15-16,19-22H,9-10H2. The van der Waals surface area contributed by atoms with Gasteiger partial charge in [0.25, 0.3) is 0 Å². The number of rotatable bonds is 2. The Balaban J connectivity index is 1.44. The van der Waals surface area contributed by atoms with E-state index in [-0.39, 0.29) is 20.1 Å². The minimum absolute atomic E-state index is 0.0782. The minimum Gasteiger partial charge on any atom is -0.222 e. The van der Waals surface area contributed by atoms with Gasteiger partial charge in [-0.25, -0.2) is 20.1 Å². The largest absolute Gasteiger partial charge is 0.222 e. The number of benzene rings is 3. The first-order valence-corrected chi connectivity index (χ1v) is 13.4. The summed E-state index contributed by atoms with van der Waals surface area (Å²) in [6.07, 6.45) is 0. The highest BCUT2D eigenvalue weighted by molar-refractivity contribution is 8.54. The van der Waals surface area contributed by atoms with Gasteiger partial charge in [-0.15, -0.1) is 0 Å². The van der Waals surface area contributed by atoms with E-state index in [2.05, 4.69) is 48.5 Å². The zero-order valence-corrected chi connectivity index (χ0v) is 14.9. The summed E-state index contributed by atoms with van der Waals surface area (Å²) in [5.74, 6) is 3.23. The van der Waals surface area contributed by atoms with Crippen LogP contribution >= 0.6 is 20.1 Å². The van der Waals surface area contributed by atoms with E-state index in [1.165, 1.54) is 10.5 Å². The molecule has 0 aliphatic carbocycles. The summed E-state index contributed by atoms with van der Waals surface area (Å²) >= 11 is 0. The SMILES string of the molecule is c1ccc2c(C3C4C5CS534)c3ccccc3c(C3C4C5CS534)c2c1. The first kappa shape index (κ1) is 11.5. The second kappa shape index (κ2) is 2.95. The highest BCUT2D eigenvalue weighted by atomic mass is 32.3. The zero-order valence-electron chi connectivity index (χ0n) is 13.3. The average Bonchev–Trinajstić information content (AvgIpc) is 3.41. The van der Waals surface area contributed by atoms with E-state index in [0.29, 0.717) is 0 Å². The first-order chi connectivity index (χ1) is 11.9. The monoisotopic (exact) mass is 346 g/mol. The van der Waals surface area contributed by atoms with Gasteiger partial charge in [-0.2, -0.15) is 0 Å². The van der Waals surface area contributed by atoms with E-state index in [9.17, 15) is 0 Å². The van der Waals surface area contributed by atoms with Gasteiger partial charge in [-0.05, 0) is 44.2 Å². The van der Waals surface area contributed by atoms with E-state index < -0.39 is 0 Å². The van der Waals surface area contributed by atoms with Crippen LogP contribution in [-0.2, 0) is 0 Å². The van der Waals surface area contributed by atoms with Gasteiger partial charge in [0, 0.05) is 31.5 Å². The topological polar surface area (TPSA) is 0 Å². The molecule has 6 saturated heterocycles. The van der Waals surface area contributed by atoms with Gasteiger partial charge < -0.3 is 0 Å². The Kier molecular flexibility index (Phi) is 1.41.